The van der Waals surface area contributed by atoms with Crippen LogP contribution in [0.15, 0.2) is 67.0 Å². The van der Waals surface area contributed by atoms with Crippen molar-refractivity contribution in [3.63, 3.8) is 0 Å². The predicted octanol–water partition coefficient (Wildman–Crippen LogP) is 3.83. The Bertz CT molecular complexity index is 772. The van der Waals surface area contributed by atoms with E-state index in [1.165, 1.54) is 6.33 Å². The van der Waals surface area contributed by atoms with Crippen LogP contribution in [0.25, 0.3) is 11.3 Å². The number of benzene rings is 2. The molecule has 23 heavy (non-hydrogen) atoms. The first kappa shape index (κ1) is 15.2. The van der Waals surface area contributed by atoms with Gasteiger partial charge in [0.1, 0.15) is 12.1 Å². The largest absolute Gasteiger partial charge is 0.439 e. The Kier molecular flexibility index (Phi) is 4.64. The lowest BCUT2D eigenvalue weighted by Crippen LogP contribution is -2.17. The zero-order chi connectivity index (χ0) is 16.1. The average Bonchev–Trinajstić information content (AvgIpc) is 2.56. The quantitative estimate of drug-likeness (QED) is 0.778. The Hall–Kier alpha value is -2.72. The van der Waals surface area contributed by atoms with Gasteiger partial charge in [-0.15, -0.1) is 0 Å². The summed E-state index contributed by atoms with van der Waals surface area (Å²) in [5, 5.41) is 0. The maximum Gasteiger partial charge on any atom is 0.222 e. The van der Waals surface area contributed by atoms with Crippen LogP contribution in [0, 0.1) is 0 Å². The zero-order valence-electron chi connectivity index (χ0n) is 13.0. The fourth-order valence-electron chi connectivity index (χ4n) is 2.39. The van der Waals surface area contributed by atoms with E-state index in [1.807, 2.05) is 67.6 Å². The van der Waals surface area contributed by atoms with Crippen LogP contribution in [-0.4, -0.2) is 16.0 Å². The summed E-state index contributed by atoms with van der Waals surface area (Å²) < 4.78 is 5.87. The van der Waals surface area contributed by atoms with Gasteiger partial charge in [0.15, 0.2) is 0 Å². The van der Waals surface area contributed by atoms with Gasteiger partial charge in [0, 0.05) is 17.7 Å². The number of hydrogen-bond donors (Lipinski definition) is 1. The van der Waals surface area contributed by atoms with Crippen molar-refractivity contribution in [3.8, 4) is 22.9 Å². The molecule has 0 aliphatic carbocycles. The third-order valence-corrected chi connectivity index (χ3v) is 3.39. The van der Waals surface area contributed by atoms with Gasteiger partial charge in [-0.3, -0.25) is 0 Å². The third kappa shape index (κ3) is 4.14. The maximum absolute atomic E-state index is 5.87. The van der Waals surface area contributed by atoms with E-state index in [4.69, 9.17) is 10.5 Å². The molecular formula is C19H19N3O. The number of rotatable bonds is 5. The van der Waals surface area contributed by atoms with Crippen molar-refractivity contribution >= 4 is 0 Å². The second kappa shape index (κ2) is 7.03. The first-order valence-corrected chi connectivity index (χ1v) is 7.60. The van der Waals surface area contributed by atoms with Gasteiger partial charge in [-0.2, -0.15) is 0 Å². The van der Waals surface area contributed by atoms with Gasteiger partial charge in [-0.05, 0) is 31.0 Å². The molecule has 2 aromatic carbocycles. The van der Waals surface area contributed by atoms with E-state index in [-0.39, 0.29) is 6.04 Å². The number of nitrogens with zero attached hydrogens (tertiary/aromatic N) is 2. The van der Waals surface area contributed by atoms with Gasteiger partial charge in [-0.25, -0.2) is 9.97 Å². The molecular weight excluding hydrogens is 286 g/mol. The van der Waals surface area contributed by atoms with Crippen LogP contribution in [0.4, 0.5) is 0 Å². The van der Waals surface area contributed by atoms with E-state index in [2.05, 4.69) is 9.97 Å². The molecule has 0 saturated heterocycles. The van der Waals surface area contributed by atoms with Crippen molar-refractivity contribution in [2.24, 2.45) is 5.73 Å². The molecule has 0 aliphatic heterocycles. The second-order valence-electron chi connectivity index (χ2n) is 5.54. The smallest absolute Gasteiger partial charge is 0.222 e. The van der Waals surface area contributed by atoms with Crippen molar-refractivity contribution in [2.75, 3.05) is 0 Å². The minimum atomic E-state index is 0.119. The summed E-state index contributed by atoms with van der Waals surface area (Å²) >= 11 is 0. The number of nitrogens with two attached hydrogens (primary N) is 1. The third-order valence-electron chi connectivity index (χ3n) is 3.39. The van der Waals surface area contributed by atoms with Crippen molar-refractivity contribution in [1.82, 2.24) is 9.97 Å². The van der Waals surface area contributed by atoms with Crippen LogP contribution in [0.5, 0.6) is 11.6 Å². The molecule has 1 aromatic heterocycles. The fraction of sp³-hybridized carbons (Fsp3) is 0.158. The summed E-state index contributed by atoms with van der Waals surface area (Å²) in [5.41, 5.74) is 8.87. The predicted molar refractivity (Wildman–Crippen MR) is 91.3 cm³/mol. The highest BCUT2D eigenvalue weighted by Gasteiger charge is 2.05. The summed E-state index contributed by atoms with van der Waals surface area (Å²) in [6.07, 6.45) is 2.33. The monoisotopic (exact) mass is 305 g/mol. The zero-order valence-corrected chi connectivity index (χ0v) is 13.0. The van der Waals surface area contributed by atoms with Crippen molar-refractivity contribution in [2.45, 2.75) is 19.4 Å². The maximum atomic E-state index is 5.87. The van der Waals surface area contributed by atoms with E-state index in [9.17, 15) is 0 Å². The lowest BCUT2D eigenvalue weighted by atomic mass is 10.1. The SMILES string of the molecule is CC(N)Cc1cccc(Oc2cc(-c3ccccc3)ncn2)c1. The van der Waals surface area contributed by atoms with Gasteiger partial charge in [-0.1, -0.05) is 42.5 Å². The topological polar surface area (TPSA) is 61.0 Å². The Morgan fingerprint density at radius 2 is 1.83 bits per heavy atom. The standard InChI is InChI=1S/C19H19N3O/c1-14(20)10-15-6-5-9-17(11-15)23-19-12-18(21-13-22-19)16-7-3-2-4-8-16/h2-9,11-14H,10,20H2,1H3. The highest BCUT2D eigenvalue weighted by atomic mass is 16.5. The normalized spacial score (nSPS) is 11.9. The lowest BCUT2D eigenvalue weighted by molar-refractivity contribution is 0.461. The number of ether oxygens (including phenoxy) is 1. The molecule has 0 fully saturated rings. The van der Waals surface area contributed by atoms with Crippen molar-refractivity contribution < 1.29 is 4.74 Å². The summed E-state index contributed by atoms with van der Waals surface area (Å²) in [6, 6.07) is 19.8. The number of hydrogen-bond acceptors (Lipinski definition) is 4. The highest BCUT2D eigenvalue weighted by Crippen LogP contribution is 2.24. The molecule has 3 aromatic rings. The van der Waals surface area contributed by atoms with E-state index < -0.39 is 0 Å². The summed E-state index contributed by atoms with van der Waals surface area (Å²) in [5.74, 6) is 1.28. The molecule has 0 bridgehead atoms. The number of aromatic nitrogens is 2. The molecule has 2 N–H and O–H groups in total. The summed E-state index contributed by atoms with van der Waals surface area (Å²) in [4.78, 5) is 8.49. The molecule has 0 radical (unpaired) electrons. The molecule has 0 amide bonds. The molecule has 0 spiro atoms. The Balaban J connectivity index is 1.81. The van der Waals surface area contributed by atoms with Crippen LogP contribution in [0.2, 0.25) is 0 Å². The minimum Gasteiger partial charge on any atom is -0.439 e. The summed E-state index contributed by atoms with van der Waals surface area (Å²) in [7, 11) is 0. The Morgan fingerprint density at radius 3 is 2.61 bits per heavy atom. The molecule has 1 heterocycles. The van der Waals surface area contributed by atoms with Crippen LogP contribution in [-0.2, 0) is 6.42 Å². The first-order valence-electron chi connectivity index (χ1n) is 7.60. The van der Waals surface area contributed by atoms with Crippen LogP contribution >= 0.6 is 0 Å². The van der Waals surface area contributed by atoms with Gasteiger partial charge in [0.2, 0.25) is 5.88 Å². The average molecular weight is 305 g/mol. The second-order valence-corrected chi connectivity index (χ2v) is 5.54. The summed E-state index contributed by atoms with van der Waals surface area (Å²) in [6.45, 7) is 1.99. The molecule has 1 unspecified atom stereocenters. The molecule has 1 atom stereocenters. The molecule has 116 valence electrons. The molecule has 4 heteroatoms. The van der Waals surface area contributed by atoms with E-state index in [0.717, 1.165) is 29.0 Å². The molecule has 3 rings (SSSR count). The molecule has 0 saturated carbocycles. The lowest BCUT2D eigenvalue weighted by Gasteiger charge is -2.09. The molecule has 4 nitrogen and oxygen atoms in total. The van der Waals surface area contributed by atoms with E-state index in [0.29, 0.717) is 5.88 Å². The fourth-order valence-corrected chi connectivity index (χ4v) is 2.39. The van der Waals surface area contributed by atoms with Crippen molar-refractivity contribution in [3.05, 3.63) is 72.6 Å². The van der Waals surface area contributed by atoms with E-state index >= 15 is 0 Å². The minimum absolute atomic E-state index is 0.119. The van der Waals surface area contributed by atoms with Crippen LogP contribution in [0.3, 0.4) is 0 Å². The van der Waals surface area contributed by atoms with E-state index in [1.54, 1.807) is 0 Å². The van der Waals surface area contributed by atoms with Gasteiger partial charge < -0.3 is 10.5 Å². The van der Waals surface area contributed by atoms with Gasteiger partial charge in [0.05, 0.1) is 5.69 Å². The van der Waals surface area contributed by atoms with Crippen LogP contribution < -0.4 is 10.5 Å². The van der Waals surface area contributed by atoms with Crippen LogP contribution in [0.1, 0.15) is 12.5 Å². The van der Waals surface area contributed by atoms with Crippen molar-refractivity contribution in [1.29, 1.82) is 0 Å². The highest BCUT2D eigenvalue weighted by molar-refractivity contribution is 5.59. The molecule has 0 aliphatic rings. The Labute approximate surface area is 136 Å². The van der Waals surface area contributed by atoms with Gasteiger partial charge >= 0.3 is 0 Å². The van der Waals surface area contributed by atoms with Gasteiger partial charge in [0.25, 0.3) is 0 Å². The Morgan fingerprint density at radius 1 is 1.00 bits per heavy atom. The first-order chi connectivity index (χ1) is 11.2.